The molecule has 1 saturated heterocycles. The van der Waals surface area contributed by atoms with E-state index in [0.29, 0.717) is 11.1 Å². The van der Waals surface area contributed by atoms with Crippen molar-refractivity contribution in [1.29, 1.82) is 0 Å². The van der Waals surface area contributed by atoms with Gasteiger partial charge in [0.25, 0.3) is 0 Å². The van der Waals surface area contributed by atoms with E-state index in [0.717, 1.165) is 11.6 Å². The van der Waals surface area contributed by atoms with Crippen LogP contribution in [0.5, 0.6) is 0 Å². The average molecular weight is 253 g/mol. The topological polar surface area (TPSA) is 12.0 Å². The van der Waals surface area contributed by atoms with E-state index < -0.39 is 0 Å². The van der Waals surface area contributed by atoms with Crippen molar-refractivity contribution in [2.24, 2.45) is 0 Å². The van der Waals surface area contributed by atoms with E-state index >= 15 is 0 Å². The van der Waals surface area contributed by atoms with Crippen LogP contribution in [0.15, 0.2) is 18.2 Å². The molecule has 1 fully saturated rings. The molecule has 0 radical (unpaired) electrons. The Hall–Kier alpha value is 0.0500. The zero-order valence-corrected chi connectivity index (χ0v) is 9.92. The number of halogens is 3. The highest BCUT2D eigenvalue weighted by atomic mass is 35.5. The molecular formula is C10H12Cl3N. The molecule has 0 bridgehead atoms. The van der Waals surface area contributed by atoms with Gasteiger partial charge in [-0.25, -0.2) is 0 Å². The van der Waals surface area contributed by atoms with E-state index in [1.165, 1.54) is 18.4 Å². The number of benzene rings is 1. The first-order valence-electron chi connectivity index (χ1n) is 4.46. The molecule has 1 atom stereocenters. The van der Waals surface area contributed by atoms with Crippen LogP contribution in [0.4, 0.5) is 0 Å². The van der Waals surface area contributed by atoms with Gasteiger partial charge in [-0.05, 0) is 37.1 Å². The Balaban J connectivity index is 0.000000980. The first-order valence-corrected chi connectivity index (χ1v) is 5.21. The second-order valence-corrected chi connectivity index (χ2v) is 4.16. The third kappa shape index (κ3) is 2.54. The number of rotatable bonds is 1. The minimum atomic E-state index is 0. The summed E-state index contributed by atoms with van der Waals surface area (Å²) in [4.78, 5) is 0. The lowest BCUT2D eigenvalue weighted by atomic mass is 10.1. The van der Waals surface area contributed by atoms with E-state index in [-0.39, 0.29) is 12.4 Å². The maximum atomic E-state index is 6.09. The lowest BCUT2D eigenvalue weighted by Gasteiger charge is -2.12. The molecule has 4 heteroatoms. The second kappa shape index (κ2) is 5.22. The highest BCUT2D eigenvalue weighted by Crippen LogP contribution is 2.30. The molecule has 1 aromatic rings. The molecular weight excluding hydrogens is 240 g/mol. The van der Waals surface area contributed by atoms with E-state index in [1.807, 2.05) is 12.1 Å². The summed E-state index contributed by atoms with van der Waals surface area (Å²) in [7, 11) is 0. The molecule has 1 aliphatic heterocycles. The Labute approximate surface area is 100 Å². The van der Waals surface area contributed by atoms with Crippen LogP contribution in [0.1, 0.15) is 24.4 Å². The van der Waals surface area contributed by atoms with Crippen molar-refractivity contribution in [3.05, 3.63) is 33.8 Å². The molecule has 0 amide bonds. The van der Waals surface area contributed by atoms with Crippen molar-refractivity contribution in [2.45, 2.75) is 18.9 Å². The average Bonchev–Trinajstić information content (AvgIpc) is 2.56. The zero-order chi connectivity index (χ0) is 9.26. The van der Waals surface area contributed by atoms with Crippen molar-refractivity contribution in [1.82, 2.24) is 5.32 Å². The SMILES string of the molecule is Cl.Clc1ccc([C@@H]2CCCN2)c(Cl)c1. The predicted octanol–water partition coefficient (Wildman–Crippen LogP) is 3.84. The van der Waals surface area contributed by atoms with Gasteiger partial charge in [0.05, 0.1) is 0 Å². The number of hydrogen-bond donors (Lipinski definition) is 1. The summed E-state index contributed by atoms with van der Waals surface area (Å²) >= 11 is 11.9. The van der Waals surface area contributed by atoms with Crippen LogP contribution >= 0.6 is 35.6 Å². The van der Waals surface area contributed by atoms with Gasteiger partial charge in [-0.1, -0.05) is 29.3 Å². The van der Waals surface area contributed by atoms with Crippen LogP contribution in [0.2, 0.25) is 10.0 Å². The van der Waals surface area contributed by atoms with E-state index in [1.54, 1.807) is 6.07 Å². The van der Waals surface area contributed by atoms with Gasteiger partial charge in [0.15, 0.2) is 0 Å². The van der Waals surface area contributed by atoms with Gasteiger partial charge in [0.2, 0.25) is 0 Å². The molecule has 0 saturated carbocycles. The molecule has 0 spiro atoms. The minimum absolute atomic E-state index is 0. The first-order chi connectivity index (χ1) is 6.27. The van der Waals surface area contributed by atoms with Crippen LogP contribution in [-0.4, -0.2) is 6.54 Å². The number of hydrogen-bond acceptors (Lipinski definition) is 1. The van der Waals surface area contributed by atoms with Crippen LogP contribution < -0.4 is 5.32 Å². The summed E-state index contributed by atoms with van der Waals surface area (Å²) in [6.45, 7) is 1.09. The predicted molar refractivity (Wildman–Crippen MR) is 63.7 cm³/mol. The Morgan fingerprint density at radius 1 is 1.29 bits per heavy atom. The quantitative estimate of drug-likeness (QED) is 0.801. The maximum absolute atomic E-state index is 6.09. The molecule has 78 valence electrons. The van der Waals surface area contributed by atoms with Crippen LogP contribution in [0.25, 0.3) is 0 Å². The molecule has 1 N–H and O–H groups in total. The van der Waals surface area contributed by atoms with E-state index in [4.69, 9.17) is 23.2 Å². The monoisotopic (exact) mass is 251 g/mol. The van der Waals surface area contributed by atoms with Crippen molar-refractivity contribution >= 4 is 35.6 Å². The third-order valence-electron chi connectivity index (χ3n) is 2.40. The fraction of sp³-hybridized carbons (Fsp3) is 0.400. The minimum Gasteiger partial charge on any atom is -0.310 e. The Morgan fingerprint density at radius 2 is 2.07 bits per heavy atom. The number of nitrogens with one attached hydrogen (secondary N) is 1. The van der Waals surface area contributed by atoms with Gasteiger partial charge in [-0.15, -0.1) is 12.4 Å². The van der Waals surface area contributed by atoms with Crippen molar-refractivity contribution in [3.63, 3.8) is 0 Å². The zero-order valence-electron chi connectivity index (χ0n) is 7.59. The van der Waals surface area contributed by atoms with Crippen molar-refractivity contribution in [2.75, 3.05) is 6.54 Å². The van der Waals surface area contributed by atoms with Crippen LogP contribution in [-0.2, 0) is 0 Å². The smallest absolute Gasteiger partial charge is 0.0468 e. The van der Waals surface area contributed by atoms with Gasteiger partial charge >= 0.3 is 0 Å². The van der Waals surface area contributed by atoms with Gasteiger partial charge in [-0.2, -0.15) is 0 Å². The molecule has 1 heterocycles. The molecule has 0 aromatic heterocycles. The molecule has 1 aliphatic rings. The summed E-state index contributed by atoms with van der Waals surface area (Å²) < 4.78 is 0. The lowest BCUT2D eigenvalue weighted by molar-refractivity contribution is 0.648. The fourth-order valence-corrected chi connectivity index (χ4v) is 2.27. The summed E-state index contributed by atoms with van der Waals surface area (Å²) in [5.74, 6) is 0. The normalized spacial score (nSPS) is 20.6. The molecule has 0 unspecified atom stereocenters. The second-order valence-electron chi connectivity index (χ2n) is 3.31. The summed E-state index contributed by atoms with van der Waals surface area (Å²) in [5.41, 5.74) is 1.17. The van der Waals surface area contributed by atoms with Crippen molar-refractivity contribution < 1.29 is 0 Å². The maximum Gasteiger partial charge on any atom is 0.0468 e. The van der Waals surface area contributed by atoms with Gasteiger partial charge in [0.1, 0.15) is 0 Å². The largest absolute Gasteiger partial charge is 0.310 e. The van der Waals surface area contributed by atoms with Gasteiger partial charge in [-0.3, -0.25) is 0 Å². The fourth-order valence-electron chi connectivity index (χ4n) is 1.73. The Bertz CT molecular complexity index is 308. The van der Waals surface area contributed by atoms with Crippen LogP contribution in [0, 0.1) is 0 Å². The summed E-state index contributed by atoms with van der Waals surface area (Å²) in [6.07, 6.45) is 2.39. The molecule has 2 rings (SSSR count). The highest BCUT2D eigenvalue weighted by Gasteiger charge is 2.18. The van der Waals surface area contributed by atoms with E-state index in [2.05, 4.69) is 5.32 Å². The third-order valence-corrected chi connectivity index (χ3v) is 2.96. The summed E-state index contributed by atoms with van der Waals surface area (Å²) in [5, 5.41) is 4.88. The molecule has 1 nitrogen and oxygen atoms in total. The van der Waals surface area contributed by atoms with Gasteiger partial charge < -0.3 is 5.32 Å². The summed E-state index contributed by atoms with van der Waals surface area (Å²) in [6, 6.07) is 6.12. The van der Waals surface area contributed by atoms with Crippen LogP contribution in [0.3, 0.4) is 0 Å². The van der Waals surface area contributed by atoms with E-state index in [9.17, 15) is 0 Å². The highest BCUT2D eigenvalue weighted by molar-refractivity contribution is 6.35. The van der Waals surface area contributed by atoms with Crippen molar-refractivity contribution in [3.8, 4) is 0 Å². The molecule has 1 aromatic carbocycles. The Morgan fingerprint density at radius 3 is 2.64 bits per heavy atom. The molecule has 14 heavy (non-hydrogen) atoms. The Kier molecular flexibility index (Phi) is 4.52. The molecule has 0 aliphatic carbocycles. The first kappa shape index (κ1) is 12.1. The lowest BCUT2D eigenvalue weighted by Crippen LogP contribution is -2.13. The standard InChI is InChI=1S/C10H11Cl2N.ClH/c11-7-3-4-8(9(12)6-7)10-2-1-5-13-10;/h3-4,6,10,13H,1-2,5H2;1H/t10-;/m0./s1. The van der Waals surface area contributed by atoms with Gasteiger partial charge in [0, 0.05) is 16.1 Å².